The minimum atomic E-state index is -0.373. The van der Waals surface area contributed by atoms with Gasteiger partial charge in [0.15, 0.2) is 0 Å². The second kappa shape index (κ2) is 7.25. The van der Waals surface area contributed by atoms with E-state index >= 15 is 0 Å². The van der Waals surface area contributed by atoms with Crippen LogP contribution in [0.1, 0.15) is 46.6 Å². The summed E-state index contributed by atoms with van der Waals surface area (Å²) >= 11 is 1.61. The number of carbonyl (C=O) groups excluding carboxylic acids is 1. The molecule has 0 aliphatic heterocycles. The van der Waals surface area contributed by atoms with Gasteiger partial charge in [-0.1, -0.05) is 6.07 Å². The van der Waals surface area contributed by atoms with Crippen molar-refractivity contribution in [3.63, 3.8) is 0 Å². The van der Waals surface area contributed by atoms with E-state index in [1.165, 1.54) is 0 Å². The van der Waals surface area contributed by atoms with Gasteiger partial charge in [0.1, 0.15) is 11.6 Å². The molecule has 0 radical (unpaired) electrons. The summed E-state index contributed by atoms with van der Waals surface area (Å²) < 4.78 is 0. The van der Waals surface area contributed by atoms with E-state index in [0.29, 0.717) is 24.1 Å². The Morgan fingerprint density at radius 1 is 1.48 bits per heavy atom. The lowest BCUT2D eigenvalue weighted by atomic mass is 9.99. The summed E-state index contributed by atoms with van der Waals surface area (Å²) in [5, 5.41) is 14.0. The fourth-order valence-electron chi connectivity index (χ4n) is 2.58. The number of aryl methyl sites for hydroxylation is 1. The number of carbonyl (C=O) groups is 1. The minimum absolute atomic E-state index is 0.0186. The maximum Gasteiger partial charge on any atom is 0.266 e. The molecule has 2 N–H and O–H groups in total. The molecule has 1 amide bonds. The van der Waals surface area contributed by atoms with E-state index in [9.17, 15) is 9.59 Å². The first-order chi connectivity index (χ1) is 10.9. The summed E-state index contributed by atoms with van der Waals surface area (Å²) in [6.07, 6.45) is 0.806. The predicted octanol–water partition coefficient (Wildman–Crippen LogP) is 2.73. The third kappa shape index (κ3) is 3.88. The first kappa shape index (κ1) is 17.0. The third-order valence-electron chi connectivity index (χ3n) is 3.87. The SMILES string of the molecule is Cc1[nH]c(=O)c(C#N)c(C)c1CCC(=O)N[C@H](C)c1cccs1. The number of H-pyrrole nitrogens is 1. The second-order valence-corrected chi connectivity index (χ2v) is 6.45. The van der Waals surface area contributed by atoms with Gasteiger partial charge in [-0.3, -0.25) is 9.59 Å². The zero-order valence-electron chi connectivity index (χ0n) is 13.4. The van der Waals surface area contributed by atoms with Gasteiger partial charge in [0.2, 0.25) is 5.91 Å². The van der Waals surface area contributed by atoms with E-state index in [0.717, 1.165) is 10.4 Å². The van der Waals surface area contributed by atoms with Gasteiger partial charge >= 0.3 is 0 Å². The molecule has 0 aliphatic carbocycles. The molecule has 23 heavy (non-hydrogen) atoms. The first-order valence-corrected chi connectivity index (χ1v) is 8.27. The summed E-state index contributed by atoms with van der Waals surface area (Å²) in [7, 11) is 0. The van der Waals surface area contributed by atoms with Gasteiger partial charge in [0.25, 0.3) is 5.56 Å². The smallest absolute Gasteiger partial charge is 0.266 e. The molecule has 2 aromatic heterocycles. The number of thiophene rings is 1. The Kier molecular flexibility index (Phi) is 5.35. The summed E-state index contributed by atoms with van der Waals surface area (Å²) in [5.41, 5.74) is 1.98. The van der Waals surface area contributed by atoms with Crippen molar-refractivity contribution < 1.29 is 4.79 Å². The highest BCUT2D eigenvalue weighted by atomic mass is 32.1. The molecule has 5 nitrogen and oxygen atoms in total. The van der Waals surface area contributed by atoms with Crippen molar-refractivity contribution in [3.05, 3.63) is 55.1 Å². The summed E-state index contributed by atoms with van der Waals surface area (Å²) in [6.45, 7) is 5.49. The number of pyridine rings is 1. The van der Waals surface area contributed by atoms with E-state index in [1.807, 2.05) is 30.5 Å². The molecular weight excluding hydrogens is 310 g/mol. The lowest BCUT2D eigenvalue weighted by Crippen LogP contribution is -2.26. The monoisotopic (exact) mass is 329 g/mol. The van der Waals surface area contributed by atoms with Crippen molar-refractivity contribution in [3.8, 4) is 6.07 Å². The van der Waals surface area contributed by atoms with Gasteiger partial charge in [-0.15, -0.1) is 11.3 Å². The molecule has 0 saturated carbocycles. The lowest BCUT2D eigenvalue weighted by Gasteiger charge is -2.14. The Bertz CT molecular complexity index is 800. The zero-order chi connectivity index (χ0) is 17.0. The number of nitrogens with zero attached hydrogens (tertiary/aromatic N) is 1. The number of hydrogen-bond donors (Lipinski definition) is 2. The van der Waals surface area contributed by atoms with Crippen LogP contribution >= 0.6 is 11.3 Å². The highest BCUT2D eigenvalue weighted by Crippen LogP contribution is 2.19. The van der Waals surface area contributed by atoms with Crippen LogP contribution < -0.4 is 10.9 Å². The summed E-state index contributed by atoms with van der Waals surface area (Å²) in [6, 6.07) is 5.86. The maximum absolute atomic E-state index is 12.1. The second-order valence-electron chi connectivity index (χ2n) is 5.47. The van der Waals surface area contributed by atoms with Crippen molar-refractivity contribution in [1.82, 2.24) is 10.3 Å². The number of rotatable bonds is 5. The Morgan fingerprint density at radius 2 is 2.22 bits per heavy atom. The van der Waals surface area contributed by atoms with Crippen molar-refractivity contribution >= 4 is 17.2 Å². The van der Waals surface area contributed by atoms with Gasteiger partial charge in [-0.05, 0) is 49.8 Å². The molecule has 120 valence electrons. The Hall–Kier alpha value is -2.39. The average molecular weight is 329 g/mol. The molecule has 0 spiro atoms. The zero-order valence-corrected chi connectivity index (χ0v) is 14.2. The summed E-state index contributed by atoms with van der Waals surface area (Å²) in [5.74, 6) is -0.0468. The van der Waals surface area contributed by atoms with Crippen molar-refractivity contribution in [2.45, 2.75) is 39.7 Å². The molecule has 2 aromatic rings. The van der Waals surface area contributed by atoms with Gasteiger partial charge in [-0.25, -0.2) is 0 Å². The van der Waals surface area contributed by atoms with E-state index in [4.69, 9.17) is 5.26 Å². The number of nitrogens with one attached hydrogen (secondary N) is 2. The topological polar surface area (TPSA) is 85.8 Å². The molecule has 0 unspecified atom stereocenters. The lowest BCUT2D eigenvalue weighted by molar-refractivity contribution is -0.121. The molecule has 1 atom stereocenters. The number of amides is 1. The number of hydrogen-bond acceptors (Lipinski definition) is 4. The van der Waals surface area contributed by atoms with Gasteiger partial charge in [0.05, 0.1) is 6.04 Å². The van der Waals surface area contributed by atoms with Crippen LogP contribution in [0, 0.1) is 25.2 Å². The molecule has 2 heterocycles. The standard InChI is InChI=1S/C17H19N3O2S/c1-10-13(11(2)20-17(22)14(10)9-18)6-7-16(21)19-12(3)15-5-4-8-23-15/h4-5,8,12H,6-7H2,1-3H3,(H,19,21)(H,20,22)/t12-/m1/s1. The number of aromatic amines is 1. The van der Waals surface area contributed by atoms with E-state index in [2.05, 4.69) is 10.3 Å². The maximum atomic E-state index is 12.1. The van der Waals surface area contributed by atoms with Crippen LogP contribution in [0.25, 0.3) is 0 Å². The Morgan fingerprint density at radius 3 is 2.83 bits per heavy atom. The number of nitriles is 1. The quantitative estimate of drug-likeness (QED) is 0.884. The van der Waals surface area contributed by atoms with Gasteiger partial charge in [0, 0.05) is 17.0 Å². The first-order valence-electron chi connectivity index (χ1n) is 7.39. The molecule has 2 rings (SSSR count). The molecule has 0 aliphatic rings. The Labute approximate surface area is 139 Å². The molecule has 0 saturated heterocycles. The predicted molar refractivity (Wildman–Crippen MR) is 90.4 cm³/mol. The molecule has 6 heteroatoms. The fraction of sp³-hybridized carbons (Fsp3) is 0.353. The van der Waals surface area contributed by atoms with Crippen LogP contribution in [0.2, 0.25) is 0 Å². The van der Waals surface area contributed by atoms with Crippen LogP contribution in [0.3, 0.4) is 0 Å². The molecule has 0 fully saturated rings. The van der Waals surface area contributed by atoms with Gasteiger partial charge in [-0.2, -0.15) is 5.26 Å². The van der Waals surface area contributed by atoms with Crippen molar-refractivity contribution in [2.24, 2.45) is 0 Å². The largest absolute Gasteiger partial charge is 0.349 e. The molecule has 0 aromatic carbocycles. The minimum Gasteiger partial charge on any atom is -0.349 e. The fourth-order valence-corrected chi connectivity index (χ4v) is 3.32. The molecular formula is C17H19N3O2S. The number of aromatic nitrogens is 1. The van der Waals surface area contributed by atoms with Crippen LogP contribution in [0.15, 0.2) is 22.3 Å². The van der Waals surface area contributed by atoms with Crippen molar-refractivity contribution in [2.75, 3.05) is 0 Å². The van der Waals surface area contributed by atoms with Crippen molar-refractivity contribution in [1.29, 1.82) is 5.26 Å². The highest BCUT2D eigenvalue weighted by Gasteiger charge is 2.15. The van der Waals surface area contributed by atoms with Crippen LogP contribution in [0.4, 0.5) is 0 Å². The highest BCUT2D eigenvalue weighted by molar-refractivity contribution is 7.10. The Balaban J connectivity index is 2.05. The average Bonchev–Trinajstić information content (AvgIpc) is 3.01. The third-order valence-corrected chi connectivity index (χ3v) is 4.92. The van der Waals surface area contributed by atoms with E-state index < -0.39 is 0 Å². The van der Waals surface area contributed by atoms with E-state index in [-0.39, 0.29) is 23.1 Å². The van der Waals surface area contributed by atoms with Crippen LogP contribution in [-0.2, 0) is 11.2 Å². The van der Waals surface area contributed by atoms with Crippen LogP contribution in [-0.4, -0.2) is 10.9 Å². The van der Waals surface area contributed by atoms with E-state index in [1.54, 1.807) is 25.2 Å². The summed E-state index contributed by atoms with van der Waals surface area (Å²) in [4.78, 5) is 27.6. The molecule has 0 bridgehead atoms. The van der Waals surface area contributed by atoms with Gasteiger partial charge < -0.3 is 10.3 Å². The normalized spacial score (nSPS) is 11.7. The van der Waals surface area contributed by atoms with Crippen LogP contribution in [0.5, 0.6) is 0 Å².